The van der Waals surface area contributed by atoms with Gasteiger partial charge in [-0.1, -0.05) is 0 Å². The molecule has 0 fully saturated rings. The van der Waals surface area contributed by atoms with Crippen LogP contribution in [0.3, 0.4) is 0 Å². The van der Waals surface area contributed by atoms with Crippen LogP contribution in [0.2, 0.25) is 0 Å². The SMILES string of the molecule is [O-][N+]1=NCC=N1. The van der Waals surface area contributed by atoms with Gasteiger partial charge in [0, 0.05) is 10.2 Å². The maximum absolute atomic E-state index is 9.80. The van der Waals surface area contributed by atoms with Crippen molar-refractivity contribution in [1.29, 1.82) is 0 Å². The second kappa shape index (κ2) is 1.04. The summed E-state index contributed by atoms with van der Waals surface area (Å²) in [6.45, 7) is 0.434. The van der Waals surface area contributed by atoms with Crippen molar-refractivity contribution >= 4 is 6.21 Å². The molecule has 0 spiro atoms. The van der Waals surface area contributed by atoms with Gasteiger partial charge in [-0.05, 0) is 0 Å². The number of hydrogen-bond acceptors (Lipinski definition) is 3. The molecule has 0 aromatic rings. The Kier molecular flexibility index (Phi) is 0.567. The first-order valence-corrected chi connectivity index (χ1v) is 1.57. The first-order chi connectivity index (χ1) is 2.89. The number of rotatable bonds is 0. The van der Waals surface area contributed by atoms with Gasteiger partial charge < -0.3 is 5.21 Å². The summed E-state index contributed by atoms with van der Waals surface area (Å²) in [5.74, 6) is 0. The summed E-state index contributed by atoms with van der Waals surface area (Å²) in [5, 5.41) is 16.3. The summed E-state index contributed by atoms with van der Waals surface area (Å²) in [4.78, 5) is 0.306. The minimum absolute atomic E-state index is 0.306. The highest BCUT2D eigenvalue weighted by Gasteiger charge is 1.93. The van der Waals surface area contributed by atoms with Crippen LogP contribution in [-0.4, -0.2) is 17.7 Å². The fourth-order valence-electron chi connectivity index (χ4n) is 0.249. The van der Waals surface area contributed by atoms with Gasteiger partial charge >= 0.3 is 0 Å². The predicted octanol–water partition coefficient (Wildman–Crippen LogP) is -0.0517. The van der Waals surface area contributed by atoms with Gasteiger partial charge in [-0.3, -0.25) is 0 Å². The largest absolute Gasteiger partial charge is 0.570 e. The topological polar surface area (TPSA) is 50.8 Å². The normalized spacial score (nSPS) is 18.3. The summed E-state index contributed by atoms with van der Waals surface area (Å²) < 4.78 is 0. The summed E-state index contributed by atoms with van der Waals surface area (Å²) in [5.41, 5.74) is 0. The van der Waals surface area contributed by atoms with E-state index < -0.39 is 0 Å². The zero-order chi connectivity index (χ0) is 4.41. The van der Waals surface area contributed by atoms with Crippen LogP contribution in [0.25, 0.3) is 0 Å². The van der Waals surface area contributed by atoms with Crippen LogP contribution in [0.15, 0.2) is 10.2 Å². The van der Waals surface area contributed by atoms with Gasteiger partial charge in [0.15, 0.2) is 0 Å². The molecule has 0 amide bonds. The molecule has 1 aliphatic heterocycles. The molecule has 0 unspecified atom stereocenters. The molecule has 6 heavy (non-hydrogen) atoms. The van der Waals surface area contributed by atoms with E-state index in [0.29, 0.717) is 11.5 Å². The molecular formula is C2H3N3O. The van der Waals surface area contributed by atoms with Gasteiger partial charge in [-0.2, -0.15) is 0 Å². The van der Waals surface area contributed by atoms with Crippen molar-refractivity contribution in [1.82, 2.24) is 0 Å². The molecule has 0 bridgehead atoms. The quantitative estimate of drug-likeness (QED) is 0.300. The van der Waals surface area contributed by atoms with Crippen molar-refractivity contribution in [3.63, 3.8) is 0 Å². The lowest BCUT2D eigenvalue weighted by atomic mass is 10.8. The molecule has 0 N–H and O–H groups in total. The highest BCUT2D eigenvalue weighted by Crippen LogP contribution is 1.81. The number of hydrogen-bond donors (Lipinski definition) is 0. The smallest absolute Gasteiger partial charge is 0.147 e. The molecule has 0 aliphatic carbocycles. The second-order valence-corrected chi connectivity index (χ2v) is 0.875. The van der Waals surface area contributed by atoms with E-state index in [9.17, 15) is 5.21 Å². The van der Waals surface area contributed by atoms with Crippen molar-refractivity contribution in [2.75, 3.05) is 6.54 Å². The van der Waals surface area contributed by atoms with Crippen LogP contribution in [0, 0.1) is 5.21 Å². The molecule has 4 nitrogen and oxygen atoms in total. The molecular weight excluding hydrogens is 82.0 g/mol. The first-order valence-electron chi connectivity index (χ1n) is 1.57. The third-order valence-corrected chi connectivity index (χ3v) is 0.465. The number of hydrazone groups is 1. The Morgan fingerprint density at radius 2 is 2.67 bits per heavy atom. The molecule has 1 heterocycles. The van der Waals surface area contributed by atoms with Crippen LogP contribution in [0.1, 0.15) is 0 Å². The van der Waals surface area contributed by atoms with Crippen molar-refractivity contribution in [3.8, 4) is 0 Å². The molecule has 1 rings (SSSR count). The van der Waals surface area contributed by atoms with Gasteiger partial charge in [0.25, 0.3) is 0 Å². The molecule has 0 aromatic heterocycles. The minimum atomic E-state index is 0.306. The number of nitrogens with zero attached hydrogens (tertiary/aromatic N) is 3. The average Bonchev–Trinajstić information content (AvgIpc) is 1.86. The lowest BCUT2D eigenvalue weighted by molar-refractivity contribution is -0.528. The Bertz CT molecular complexity index is 103. The van der Waals surface area contributed by atoms with Crippen LogP contribution in [-0.2, 0) is 0 Å². The highest BCUT2D eigenvalue weighted by molar-refractivity contribution is 5.59. The van der Waals surface area contributed by atoms with Crippen LogP contribution in [0.5, 0.6) is 0 Å². The highest BCUT2D eigenvalue weighted by atomic mass is 16.5. The molecule has 32 valence electrons. The Morgan fingerprint density at radius 3 is 2.83 bits per heavy atom. The van der Waals surface area contributed by atoms with E-state index in [1.807, 2.05) is 0 Å². The summed E-state index contributed by atoms with van der Waals surface area (Å²) >= 11 is 0. The summed E-state index contributed by atoms with van der Waals surface area (Å²) in [7, 11) is 0. The van der Waals surface area contributed by atoms with E-state index in [1.165, 1.54) is 6.21 Å². The van der Waals surface area contributed by atoms with Crippen molar-refractivity contribution in [3.05, 3.63) is 5.21 Å². The Balaban J connectivity index is 2.68. The third kappa shape index (κ3) is 0.357. The van der Waals surface area contributed by atoms with Gasteiger partial charge in [-0.25, -0.2) is 0 Å². The lowest BCUT2D eigenvalue weighted by Crippen LogP contribution is -1.78. The van der Waals surface area contributed by atoms with Gasteiger partial charge in [-0.15, -0.1) is 0 Å². The summed E-state index contributed by atoms with van der Waals surface area (Å²) in [6, 6.07) is 0. The fourth-order valence-corrected chi connectivity index (χ4v) is 0.249. The first kappa shape index (κ1) is 3.27. The van der Waals surface area contributed by atoms with Crippen LogP contribution in [0.4, 0.5) is 0 Å². The maximum atomic E-state index is 9.80. The minimum Gasteiger partial charge on any atom is -0.570 e. The monoisotopic (exact) mass is 85.0 g/mol. The third-order valence-electron chi connectivity index (χ3n) is 0.465. The molecule has 0 aromatic carbocycles. The molecule has 0 atom stereocenters. The van der Waals surface area contributed by atoms with Gasteiger partial charge in [0.1, 0.15) is 12.8 Å². The average molecular weight is 85.1 g/mol. The van der Waals surface area contributed by atoms with E-state index in [1.54, 1.807) is 0 Å². The zero-order valence-corrected chi connectivity index (χ0v) is 3.03. The Morgan fingerprint density at radius 1 is 1.83 bits per heavy atom. The van der Waals surface area contributed by atoms with E-state index in [0.717, 1.165) is 0 Å². The van der Waals surface area contributed by atoms with Crippen molar-refractivity contribution < 1.29 is 4.97 Å². The van der Waals surface area contributed by atoms with E-state index in [4.69, 9.17) is 0 Å². The van der Waals surface area contributed by atoms with E-state index in [-0.39, 0.29) is 0 Å². The lowest BCUT2D eigenvalue weighted by Gasteiger charge is -1.75. The van der Waals surface area contributed by atoms with Gasteiger partial charge in [0.2, 0.25) is 0 Å². The molecule has 0 radical (unpaired) electrons. The van der Waals surface area contributed by atoms with E-state index >= 15 is 0 Å². The van der Waals surface area contributed by atoms with E-state index in [2.05, 4.69) is 10.2 Å². The summed E-state index contributed by atoms with van der Waals surface area (Å²) in [6.07, 6.45) is 1.45. The van der Waals surface area contributed by atoms with Crippen LogP contribution < -0.4 is 0 Å². The predicted molar refractivity (Wildman–Crippen MR) is 19.4 cm³/mol. The molecule has 0 saturated carbocycles. The van der Waals surface area contributed by atoms with Crippen LogP contribution >= 0.6 is 0 Å². The van der Waals surface area contributed by atoms with Crippen molar-refractivity contribution in [2.45, 2.75) is 0 Å². The standard InChI is InChI=1S/C2H3N3O/c6-5-3-1-2-4-5/h1H,2H2. The maximum Gasteiger partial charge on any atom is 0.147 e. The second-order valence-electron chi connectivity index (χ2n) is 0.875. The van der Waals surface area contributed by atoms with Gasteiger partial charge in [0.05, 0.1) is 4.97 Å². The zero-order valence-electron chi connectivity index (χ0n) is 3.03. The van der Waals surface area contributed by atoms with Crippen molar-refractivity contribution in [2.24, 2.45) is 10.2 Å². The molecule has 0 saturated heterocycles. The Labute approximate surface area is 34.4 Å². The molecule has 4 heteroatoms. The fraction of sp³-hybridized carbons (Fsp3) is 0.500. The Hall–Kier alpha value is -0.930. The molecule has 1 aliphatic rings.